The third kappa shape index (κ3) is 4.71. The fourth-order valence-electron chi connectivity index (χ4n) is 3.50. The summed E-state index contributed by atoms with van der Waals surface area (Å²) >= 11 is 1.52. The molecular weight excluding hydrogens is 426 g/mol. The van der Waals surface area contributed by atoms with Gasteiger partial charge in [0, 0.05) is 12.6 Å². The summed E-state index contributed by atoms with van der Waals surface area (Å²) in [7, 11) is 5.69. The van der Waals surface area contributed by atoms with Crippen LogP contribution in [0.25, 0.3) is 16.3 Å². The van der Waals surface area contributed by atoms with Crippen molar-refractivity contribution < 1.29 is 19.0 Å². The highest BCUT2D eigenvalue weighted by Gasteiger charge is 2.20. The zero-order valence-electron chi connectivity index (χ0n) is 18.8. The molecule has 1 aromatic heterocycles. The van der Waals surface area contributed by atoms with Gasteiger partial charge in [-0.2, -0.15) is 0 Å². The molecule has 0 bridgehead atoms. The summed E-state index contributed by atoms with van der Waals surface area (Å²) in [5.41, 5.74) is 2.77. The second-order valence-corrected chi connectivity index (χ2v) is 8.83. The Labute approximate surface area is 191 Å². The first-order valence-corrected chi connectivity index (χ1v) is 11.3. The third-order valence-corrected chi connectivity index (χ3v) is 6.42. The predicted molar refractivity (Wildman–Crippen MR) is 128 cm³/mol. The van der Waals surface area contributed by atoms with Crippen LogP contribution in [0.15, 0.2) is 36.4 Å². The number of methoxy groups -OCH3 is 1. The number of fused-ring (bicyclic) bond motifs is 2. The molecule has 0 N–H and O–H groups in total. The lowest BCUT2D eigenvalue weighted by molar-refractivity contribution is -0.114. The number of nitrogens with zero attached hydrogens (tertiary/aromatic N) is 3. The molecule has 8 heteroatoms. The number of amides is 1. The maximum absolute atomic E-state index is 13.2. The first-order chi connectivity index (χ1) is 15.5. The number of rotatable bonds is 8. The number of hydrogen-bond donors (Lipinski definition) is 0. The second-order valence-electron chi connectivity index (χ2n) is 7.85. The summed E-state index contributed by atoms with van der Waals surface area (Å²) in [5.74, 6) is 2.01. The fraction of sp³-hybridized carbons (Fsp3) is 0.333. The molecule has 0 saturated heterocycles. The van der Waals surface area contributed by atoms with Gasteiger partial charge in [-0.15, -0.1) is 0 Å². The van der Waals surface area contributed by atoms with Crippen molar-refractivity contribution in [3.8, 4) is 17.2 Å². The highest BCUT2D eigenvalue weighted by atomic mass is 32.1. The van der Waals surface area contributed by atoms with E-state index in [-0.39, 0.29) is 12.7 Å². The Hall–Kier alpha value is -3.10. The standard InChI is InChI=1S/C24H27N3O4S/c1-16-6-9-19(29-4)22-23(16)32-24(25-22)27(13-5-12-26(2)3)21(28)11-8-17-7-10-18-20(14-17)31-15-30-18/h6-11,14H,5,12-13,15H2,1-4H3/b11-8+. The van der Waals surface area contributed by atoms with Crippen LogP contribution in [0.4, 0.5) is 5.13 Å². The first-order valence-electron chi connectivity index (χ1n) is 10.4. The molecule has 0 radical (unpaired) electrons. The number of carbonyl (C=O) groups is 1. The number of benzene rings is 2. The lowest BCUT2D eigenvalue weighted by Gasteiger charge is -2.19. The van der Waals surface area contributed by atoms with Gasteiger partial charge in [-0.1, -0.05) is 23.5 Å². The van der Waals surface area contributed by atoms with E-state index in [4.69, 9.17) is 19.2 Å². The van der Waals surface area contributed by atoms with Crippen molar-refractivity contribution in [2.24, 2.45) is 0 Å². The van der Waals surface area contributed by atoms with Crippen molar-refractivity contribution in [1.29, 1.82) is 0 Å². The SMILES string of the molecule is COc1ccc(C)c2sc(N(CCCN(C)C)C(=O)/C=C/c3ccc4c(c3)OCO4)nc12. The number of aromatic nitrogens is 1. The van der Waals surface area contributed by atoms with Crippen molar-refractivity contribution >= 4 is 38.7 Å². The first kappa shape index (κ1) is 22.1. The maximum Gasteiger partial charge on any atom is 0.252 e. The molecule has 1 aliphatic rings. The van der Waals surface area contributed by atoms with Crippen molar-refractivity contribution in [3.63, 3.8) is 0 Å². The normalized spacial score (nSPS) is 12.8. The molecule has 0 fully saturated rings. The summed E-state index contributed by atoms with van der Waals surface area (Å²) in [6.45, 7) is 3.72. The van der Waals surface area contributed by atoms with E-state index >= 15 is 0 Å². The Morgan fingerprint density at radius 2 is 2.00 bits per heavy atom. The van der Waals surface area contributed by atoms with Crippen LogP contribution in [-0.4, -0.2) is 56.9 Å². The quantitative estimate of drug-likeness (QED) is 0.473. The van der Waals surface area contributed by atoms with E-state index in [9.17, 15) is 4.79 Å². The van der Waals surface area contributed by atoms with Gasteiger partial charge in [0.15, 0.2) is 16.6 Å². The number of anilines is 1. The second kappa shape index (κ2) is 9.58. The number of carbonyl (C=O) groups excluding carboxylic acids is 1. The van der Waals surface area contributed by atoms with Crippen molar-refractivity contribution in [2.75, 3.05) is 46.0 Å². The van der Waals surface area contributed by atoms with Crippen LogP contribution in [0, 0.1) is 6.92 Å². The van der Waals surface area contributed by atoms with Crippen molar-refractivity contribution in [3.05, 3.63) is 47.5 Å². The van der Waals surface area contributed by atoms with Crippen LogP contribution in [-0.2, 0) is 4.79 Å². The van der Waals surface area contributed by atoms with Gasteiger partial charge in [0.25, 0.3) is 5.91 Å². The monoisotopic (exact) mass is 453 g/mol. The average Bonchev–Trinajstić information content (AvgIpc) is 3.42. The van der Waals surface area contributed by atoms with Gasteiger partial charge in [0.2, 0.25) is 6.79 Å². The van der Waals surface area contributed by atoms with Gasteiger partial charge in [0.1, 0.15) is 11.3 Å². The molecule has 1 amide bonds. The van der Waals surface area contributed by atoms with E-state index in [1.54, 1.807) is 24.2 Å². The summed E-state index contributed by atoms with van der Waals surface area (Å²) in [4.78, 5) is 21.9. The molecule has 0 saturated carbocycles. The zero-order valence-corrected chi connectivity index (χ0v) is 19.6. The molecule has 0 aliphatic carbocycles. The minimum absolute atomic E-state index is 0.114. The summed E-state index contributed by atoms with van der Waals surface area (Å²) < 4.78 is 17.3. The van der Waals surface area contributed by atoms with E-state index < -0.39 is 0 Å². The van der Waals surface area contributed by atoms with Crippen molar-refractivity contribution in [1.82, 2.24) is 9.88 Å². The largest absolute Gasteiger partial charge is 0.494 e. The van der Waals surface area contributed by atoms with Crippen LogP contribution in [0.2, 0.25) is 0 Å². The molecule has 7 nitrogen and oxygen atoms in total. The predicted octanol–water partition coefficient (Wildman–Crippen LogP) is 4.34. The smallest absolute Gasteiger partial charge is 0.252 e. The Morgan fingerprint density at radius 1 is 1.19 bits per heavy atom. The molecular formula is C24H27N3O4S. The number of hydrogen-bond acceptors (Lipinski definition) is 7. The van der Waals surface area contributed by atoms with Gasteiger partial charge < -0.3 is 19.1 Å². The number of ether oxygens (including phenoxy) is 3. The molecule has 1 aliphatic heterocycles. The van der Waals surface area contributed by atoms with Crippen LogP contribution in [0.5, 0.6) is 17.2 Å². The molecule has 4 rings (SSSR count). The Morgan fingerprint density at radius 3 is 2.78 bits per heavy atom. The molecule has 168 valence electrons. The van der Waals surface area contributed by atoms with Crippen LogP contribution in [0.3, 0.4) is 0 Å². The Bertz CT molecular complexity index is 1160. The average molecular weight is 454 g/mol. The van der Waals surface area contributed by atoms with E-state index in [2.05, 4.69) is 4.90 Å². The van der Waals surface area contributed by atoms with Crippen LogP contribution in [0.1, 0.15) is 17.5 Å². The highest BCUT2D eigenvalue weighted by Crippen LogP contribution is 2.37. The zero-order chi connectivity index (χ0) is 22.7. The minimum atomic E-state index is -0.114. The topological polar surface area (TPSA) is 64.1 Å². The number of aryl methyl sites for hydroxylation is 1. The highest BCUT2D eigenvalue weighted by molar-refractivity contribution is 7.22. The van der Waals surface area contributed by atoms with E-state index in [1.807, 2.05) is 51.4 Å². The third-order valence-electron chi connectivity index (χ3n) is 5.21. The van der Waals surface area contributed by atoms with Gasteiger partial charge >= 0.3 is 0 Å². The molecule has 2 aromatic carbocycles. The van der Waals surface area contributed by atoms with Gasteiger partial charge in [-0.05, 0) is 69.4 Å². The van der Waals surface area contributed by atoms with Crippen molar-refractivity contribution in [2.45, 2.75) is 13.3 Å². The molecule has 2 heterocycles. The molecule has 32 heavy (non-hydrogen) atoms. The van der Waals surface area contributed by atoms with Crippen LogP contribution < -0.4 is 19.1 Å². The van der Waals surface area contributed by atoms with Gasteiger partial charge in [-0.3, -0.25) is 9.69 Å². The Balaban J connectivity index is 1.62. The summed E-state index contributed by atoms with van der Waals surface area (Å²) in [6.07, 6.45) is 4.22. The minimum Gasteiger partial charge on any atom is -0.494 e. The van der Waals surface area contributed by atoms with Gasteiger partial charge in [-0.25, -0.2) is 4.98 Å². The lowest BCUT2D eigenvalue weighted by Crippen LogP contribution is -2.32. The number of thiazole rings is 1. The molecule has 0 atom stereocenters. The van der Waals surface area contributed by atoms with E-state index in [1.165, 1.54) is 11.3 Å². The maximum atomic E-state index is 13.2. The van der Waals surface area contributed by atoms with Gasteiger partial charge in [0.05, 0.1) is 11.8 Å². The Kier molecular flexibility index (Phi) is 6.62. The molecule has 0 spiro atoms. The molecule has 3 aromatic rings. The van der Waals surface area contributed by atoms with E-state index in [0.717, 1.165) is 40.1 Å². The fourth-order valence-corrected chi connectivity index (χ4v) is 4.58. The lowest BCUT2D eigenvalue weighted by atomic mass is 10.2. The summed E-state index contributed by atoms with van der Waals surface area (Å²) in [6, 6.07) is 9.55. The summed E-state index contributed by atoms with van der Waals surface area (Å²) in [5, 5.41) is 0.673. The molecule has 0 unspecified atom stereocenters. The van der Waals surface area contributed by atoms with Crippen LogP contribution >= 0.6 is 11.3 Å². The van der Waals surface area contributed by atoms with E-state index in [0.29, 0.717) is 23.2 Å².